The number of rotatable bonds is 13. The third-order valence-corrected chi connectivity index (χ3v) is 10.2. The van der Waals surface area contributed by atoms with Crippen LogP contribution in [0, 0.1) is 0 Å². The van der Waals surface area contributed by atoms with Gasteiger partial charge in [-0.2, -0.15) is 0 Å². The summed E-state index contributed by atoms with van der Waals surface area (Å²) in [5.74, 6) is 0.124. The Morgan fingerprint density at radius 2 is 1.65 bits per heavy atom. The highest BCUT2D eigenvalue weighted by Crippen LogP contribution is 2.42. The Kier molecular flexibility index (Phi) is 12.3. The summed E-state index contributed by atoms with van der Waals surface area (Å²) in [5, 5.41) is 0. The van der Waals surface area contributed by atoms with E-state index in [1.165, 1.54) is 23.1 Å². The summed E-state index contributed by atoms with van der Waals surface area (Å²) >= 11 is 8.08. The Balaban J connectivity index is 1.60. The van der Waals surface area contributed by atoms with Crippen LogP contribution in [0.4, 0.5) is 11.4 Å². The second-order valence-corrected chi connectivity index (χ2v) is 13.6. The van der Waals surface area contributed by atoms with Crippen LogP contribution in [0.15, 0.2) is 34.9 Å². The molecule has 2 aliphatic heterocycles. The molecule has 3 heterocycles. The number of benzene rings is 1. The van der Waals surface area contributed by atoms with Crippen molar-refractivity contribution in [3.05, 3.63) is 55.2 Å². The maximum absolute atomic E-state index is 13.5. The van der Waals surface area contributed by atoms with Crippen LogP contribution in [-0.4, -0.2) is 64.0 Å². The molecule has 248 valence electrons. The zero-order chi connectivity index (χ0) is 33.5. The van der Waals surface area contributed by atoms with E-state index in [0.717, 1.165) is 23.6 Å². The number of thiocarbonyl (C=S) groups is 1. The lowest BCUT2D eigenvalue weighted by Crippen LogP contribution is -2.33. The molecule has 0 saturated carbocycles. The molecule has 2 aromatic rings. The Morgan fingerprint density at radius 1 is 0.935 bits per heavy atom. The number of anilines is 2. The minimum Gasteiger partial charge on any atom is -0.463 e. The van der Waals surface area contributed by atoms with E-state index in [2.05, 4.69) is 16.7 Å². The van der Waals surface area contributed by atoms with Crippen molar-refractivity contribution in [3.8, 4) is 0 Å². The van der Waals surface area contributed by atoms with Gasteiger partial charge in [0.15, 0.2) is 0 Å². The highest BCUT2D eigenvalue weighted by Gasteiger charge is 2.34. The molecule has 1 aromatic carbocycles. The number of thiazole rings is 1. The zero-order valence-electron chi connectivity index (χ0n) is 27.3. The monoisotopic (exact) mass is 686 g/mol. The highest BCUT2D eigenvalue weighted by molar-refractivity contribution is 8.30. The van der Waals surface area contributed by atoms with Crippen molar-refractivity contribution in [1.82, 2.24) is 9.47 Å². The maximum Gasteiger partial charge on any atom is 0.338 e. The summed E-state index contributed by atoms with van der Waals surface area (Å²) < 4.78 is 13.6. The van der Waals surface area contributed by atoms with Gasteiger partial charge in [0.05, 0.1) is 34.2 Å². The number of hydrogen-bond acceptors (Lipinski definition) is 11. The van der Waals surface area contributed by atoms with E-state index in [4.69, 9.17) is 21.7 Å². The molecule has 10 nitrogen and oxygen atoms in total. The number of carbonyl (C=O) groups is 3. The van der Waals surface area contributed by atoms with Crippen molar-refractivity contribution in [3.63, 3.8) is 0 Å². The predicted molar refractivity (Wildman–Crippen MR) is 189 cm³/mol. The topological polar surface area (TPSA) is 101 Å². The molecule has 46 heavy (non-hydrogen) atoms. The van der Waals surface area contributed by atoms with Gasteiger partial charge in [-0.3, -0.25) is 23.9 Å². The van der Waals surface area contributed by atoms with Crippen molar-refractivity contribution in [2.24, 2.45) is 0 Å². The normalized spacial score (nSPS) is 17.2. The molecule has 0 N–H and O–H groups in total. The smallest absolute Gasteiger partial charge is 0.338 e. The van der Waals surface area contributed by atoms with E-state index in [1.54, 1.807) is 22.5 Å². The predicted octanol–water partition coefficient (Wildman–Crippen LogP) is 4.58. The van der Waals surface area contributed by atoms with Crippen LogP contribution in [0.25, 0.3) is 11.0 Å². The van der Waals surface area contributed by atoms with Gasteiger partial charge in [0.1, 0.15) is 19.7 Å². The largest absolute Gasteiger partial charge is 0.463 e. The second-order valence-electron chi connectivity index (χ2n) is 10.9. The fourth-order valence-corrected chi connectivity index (χ4v) is 8.02. The van der Waals surface area contributed by atoms with E-state index in [0.29, 0.717) is 76.0 Å². The molecule has 4 rings (SSSR count). The number of aromatic nitrogens is 1. The van der Waals surface area contributed by atoms with Gasteiger partial charge in [-0.1, -0.05) is 30.4 Å². The molecule has 1 aromatic heterocycles. The summed E-state index contributed by atoms with van der Waals surface area (Å²) in [6.07, 6.45) is 6.12. The molecular formula is C33H42N4O6S3. The number of nitrogens with zero attached hydrogens (tertiary/aromatic N) is 4. The van der Waals surface area contributed by atoms with Crippen LogP contribution >= 0.6 is 35.3 Å². The summed E-state index contributed by atoms with van der Waals surface area (Å²) in [4.78, 5) is 57.6. The second kappa shape index (κ2) is 15.9. The molecule has 0 aliphatic carbocycles. The van der Waals surface area contributed by atoms with Gasteiger partial charge in [-0.15, -0.1) is 11.3 Å². The molecule has 2 aliphatic rings. The van der Waals surface area contributed by atoms with Gasteiger partial charge >= 0.3 is 11.9 Å². The molecule has 0 bridgehead atoms. The average molecular weight is 687 g/mol. The summed E-state index contributed by atoms with van der Waals surface area (Å²) in [6, 6.07) is 5.55. The molecule has 13 heteroatoms. The third-order valence-electron chi connectivity index (χ3n) is 7.53. The Hall–Kier alpha value is -3.42. The summed E-state index contributed by atoms with van der Waals surface area (Å²) in [5.41, 5.74) is 2.20. The van der Waals surface area contributed by atoms with E-state index in [-0.39, 0.29) is 29.5 Å². The summed E-state index contributed by atoms with van der Waals surface area (Å²) in [6.45, 7) is 13.9. The van der Waals surface area contributed by atoms with Crippen LogP contribution in [0.1, 0.15) is 77.6 Å². The minimum absolute atomic E-state index is 0.129. The molecule has 0 spiro atoms. The fraction of sp³-hybridized carbons (Fsp3) is 0.485. The molecule has 1 amide bonds. The van der Waals surface area contributed by atoms with Crippen LogP contribution in [0.3, 0.4) is 0 Å². The Morgan fingerprint density at radius 3 is 2.30 bits per heavy atom. The Bertz CT molecular complexity index is 1710. The first-order valence-electron chi connectivity index (χ1n) is 15.8. The Labute approximate surface area is 283 Å². The van der Waals surface area contributed by atoms with Crippen LogP contribution in [0.2, 0.25) is 0 Å². The first kappa shape index (κ1) is 35.4. The van der Waals surface area contributed by atoms with E-state index < -0.39 is 0 Å². The van der Waals surface area contributed by atoms with Gasteiger partial charge in [-0.05, 0) is 84.7 Å². The van der Waals surface area contributed by atoms with E-state index in [1.807, 2.05) is 52.0 Å². The van der Waals surface area contributed by atoms with Crippen LogP contribution < -0.4 is 24.6 Å². The van der Waals surface area contributed by atoms with Gasteiger partial charge in [-0.25, -0.2) is 4.79 Å². The molecular weight excluding hydrogens is 645 g/mol. The van der Waals surface area contributed by atoms with Crippen molar-refractivity contribution >= 4 is 79.8 Å². The van der Waals surface area contributed by atoms with Crippen LogP contribution in [0.5, 0.6) is 0 Å². The lowest BCUT2D eigenvalue weighted by molar-refractivity contribution is -0.147. The highest BCUT2D eigenvalue weighted by atomic mass is 32.2. The number of unbranched alkanes of at least 4 members (excludes halogenated alkanes) is 2. The molecule has 0 atom stereocenters. The quantitative estimate of drug-likeness (QED) is 0.169. The zero-order valence-corrected chi connectivity index (χ0v) is 29.7. The molecule has 1 saturated heterocycles. The number of ether oxygens (including phenoxy) is 2. The van der Waals surface area contributed by atoms with Gasteiger partial charge in [0.25, 0.3) is 11.5 Å². The number of allylic oxidation sites excluding steroid dienone is 1. The first-order valence-corrected chi connectivity index (χ1v) is 17.9. The average Bonchev–Trinajstić information content (AvgIpc) is 3.61. The molecule has 0 radical (unpaired) electrons. The minimum atomic E-state index is -0.363. The number of amides is 1. The van der Waals surface area contributed by atoms with Gasteiger partial charge < -0.3 is 19.3 Å². The first-order chi connectivity index (χ1) is 22.1. The van der Waals surface area contributed by atoms with E-state index >= 15 is 0 Å². The number of carbonyl (C=O) groups excluding carboxylic acids is 3. The summed E-state index contributed by atoms with van der Waals surface area (Å²) in [7, 11) is 0. The number of thioether (sulfide) groups is 1. The lowest BCUT2D eigenvalue weighted by atomic mass is 10.1. The van der Waals surface area contributed by atoms with Crippen molar-refractivity contribution in [2.75, 3.05) is 36.0 Å². The van der Waals surface area contributed by atoms with E-state index in [9.17, 15) is 19.2 Å². The van der Waals surface area contributed by atoms with Crippen LogP contribution in [-0.2, 0) is 25.6 Å². The lowest BCUT2D eigenvalue weighted by Gasteiger charge is -2.23. The van der Waals surface area contributed by atoms with Crippen molar-refractivity contribution < 1.29 is 23.9 Å². The molecule has 0 unspecified atom stereocenters. The fourth-order valence-electron chi connectivity index (χ4n) is 5.44. The van der Waals surface area contributed by atoms with Crippen molar-refractivity contribution in [2.45, 2.75) is 79.9 Å². The number of fused-ring (bicyclic) bond motifs is 1. The van der Waals surface area contributed by atoms with Gasteiger partial charge in [0, 0.05) is 32.6 Å². The van der Waals surface area contributed by atoms with Crippen molar-refractivity contribution in [1.29, 1.82) is 0 Å². The standard InChI is InChI=1S/C33H42N4O6S3/c1-7-34-23-16-15-22(32(41)42-10-4)20-24(23)35(8-2)26(34)18-17-25-29(39)36(9-3)31(45-25)28-30(40)37(33(44)46-28)19-13-11-12-14-27(38)43-21(5)6/h15-18,20-21H,7-14,19H2,1-6H3/b25-17+,26-18+,31-28-. The molecule has 1 fully saturated rings. The third kappa shape index (κ3) is 7.58. The number of esters is 2. The van der Waals surface area contributed by atoms with Gasteiger partial charge in [0.2, 0.25) is 0 Å². The maximum atomic E-state index is 13.5. The SMILES string of the molecule is CCOC(=O)c1ccc2c(c1)N(CC)/C(=C/C=c1/s/c(=C3\SC(=S)N(CCCCCC(=O)OC(C)C)C3=O)n(CC)c1=O)N2CC. The number of hydrogen-bond donors (Lipinski definition) is 0.